The minimum Gasteiger partial charge on any atom is -0.384 e. The fourth-order valence-electron chi connectivity index (χ4n) is 4.83. The van der Waals surface area contributed by atoms with Crippen LogP contribution in [0, 0.1) is 12.3 Å². The molecule has 2 amide bonds. The average Bonchev–Trinajstić information content (AvgIpc) is 3.29. The van der Waals surface area contributed by atoms with Crippen LogP contribution in [-0.2, 0) is 11.3 Å². The zero-order chi connectivity index (χ0) is 20.6. The molecule has 4 heterocycles. The molecule has 0 unspecified atom stereocenters. The summed E-state index contributed by atoms with van der Waals surface area (Å²) in [5, 5.41) is 3.03. The third-order valence-electron chi connectivity index (χ3n) is 6.31. The summed E-state index contributed by atoms with van der Waals surface area (Å²) >= 11 is 0. The minimum absolute atomic E-state index is 0.0205. The highest BCUT2D eigenvalue weighted by Gasteiger charge is 2.60. The van der Waals surface area contributed by atoms with Crippen molar-refractivity contribution in [2.24, 2.45) is 5.41 Å². The lowest BCUT2D eigenvalue weighted by Crippen LogP contribution is -2.49. The molecule has 2 fully saturated rings. The summed E-state index contributed by atoms with van der Waals surface area (Å²) in [6.45, 7) is 4.22. The fourth-order valence-corrected chi connectivity index (χ4v) is 4.83. The van der Waals surface area contributed by atoms with Gasteiger partial charge in [-0.2, -0.15) is 0 Å². The van der Waals surface area contributed by atoms with Crippen molar-refractivity contribution >= 4 is 17.6 Å². The molecule has 8 heteroatoms. The van der Waals surface area contributed by atoms with E-state index in [1.807, 2.05) is 18.7 Å². The van der Waals surface area contributed by atoms with E-state index in [9.17, 15) is 9.59 Å². The van der Waals surface area contributed by atoms with E-state index in [0.29, 0.717) is 30.9 Å². The molecule has 8 nitrogen and oxygen atoms in total. The van der Waals surface area contributed by atoms with Gasteiger partial charge in [0.15, 0.2) is 0 Å². The molecule has 29 heavy (non-hydrogen) atoms. The molecule has 2 saturated heterocycles. The number of aromatic nitrogens is 3. The number of hydrogen-bond acceptors (Lipinski definition) is 6. The second-order valence-corrected chi connectivity index (χ2v) is 7.95. The Labute approximate surface area is 169 Å². The largest absolute Gasteiger partial charge is 0.384 e. The van der Waals surface area contributed by atoms with Crippen molar-refractivity contribution in [2.45, 2.75) is 58.2 Å². The Balaban J connectivity index is 1.52. The van der Waals surface area contributed by atoms with Gasteiger partial charge in [0.1, 0.15) is 11.5 Å². The van der Waals surface area contributed by atoms with E-state index >= 15 is 0 Å². The number of rotatable bonds is 5. The first-order valence-corrected chi connectivity index (χ1v) is 10.1. The van der Waals surface area contributed by atoms with Crippen LogP contribution in [0.2, 0.25) is 0 Å². The number of nitrogens with zero attached hydrogens (tertiary/aromatic N) is 4. The maximum absolute atomic E-state index is 13.3. The molecular weight excluding hydrogens is 368 g/mol. The number of nitrogen functional groups attached to an aromatic ring is 1. The standard InChI is InChI=1S/C21H26N6O2/c1-3-21(20(29)25-12-14-11-23-13(2)10-24-14)9-15-7-8-17(21)27(15)19(28)16-5-4-6-18(22)26-16/h4-6,10-11,15,17H,3,7-9,12H2,1-2H3,(H2,22,26)(H,25,29)/t15-,17+,21+/m1/s1. The monoisotopic (exact) mass is 394 g/mol. The minimum atomic E-state index is -0.586. The van der Waals surface area contributed by atoms with E-state index in [1.165, 1.54) is 0 Å². The quantitative estimate of drug-likeness (QED) is 0.800. The average molecular weight is 394 g/mol. The van der Waals surface area contributed by atoms with E-state index in [2.05, 4.69) is 20.3 Å². The first-order chi connectivity index (χ1) is 13.9. The van der Waals surface area contributed by atoms with E-state index < -0.39 is 5.41 Å². The summed E-state index contributed by atoms with van der Waals surface area (Å²) in [5.74, 6) is 0.159. The third kappa shape index (κ3) is 3.32. The molecule has 152 valence electrons. The maximum atomic E-state index is 13.3. The van der Waals surface area contributed by atoms with E-state index in [1.54, 1.807) is 30.6 Å². The molecule has 2 aromatic rings. The van der Waals surface area contributed by atoms with Crippen LogP contribution in [0.5, 0.6) is 0 Å². The molecule has 3 N–H and O–H groups in total. The Morgan fingerprint density at radius 1 is 1.28 bits per heavy atom. The number of anilines is 1. The van der Waals surface area contributed by atoms with Gasteiger partial charge >= 0.3 is 0 Å². The van der Waals surface area contributed by atoms with Gasteiger partial charge in [-0.3, -0.25) is 19.6 Å². The van der Waals surface area contributed by atoms with Gasteiger partial charge in [0.05, 0.1) is 29.5 Å². The van der Waals surface area contributed by atoms with E-state index in [4.69, 9.17) is 5.73 Å². The Morgan fingerprint density at radius 2 is 2.10 bits per heavy atom. The summed E-state index contributed by atoms with van der Waals surface area (Å²) in [4.78, 5) is 41.0. The molecule has 2 bridgehead atoms. The highest BCUT2D eigenvalue weighted by atomic mass is 16.2. The lowest BCUT2D eigenvalue weighted by atomic mass is 9.71. The highest BCUT2D eigenvalue weighted by Crippen LogP contribution is 2.52. The van der Waals surface area contributed by atoms with Gasteiger partial charge < -0.3 is 16.0 Å². The van der Waals surface area contributed by atoms with Crippen molar-refractivity contribution in [3.8, 4) is 0 Å². The normalized spacial score (nSPS) is 25.2. The number of nitrogens with two attached hydrogens (primary N) is 1. The highest BCUT2D eigenvalue weighted by molar-refractivity contribution is 5.95. The van der Waals surface area contributed by atoms with E-state index in [0.717, 1.165) is 24.2 Å². The van der Waals surface area contributed by atoms with Gasteiger partial charge in [-0.05, 0) is 44.7 Å². The number of carbonyl (C=O) groups excluding carboxylic acids is 2. The van der Waals surface area contributed by atoms with Gasteiger partial charge in [0, 0.05) is 18.3 Å². The predicted molar refractivity (Wildman–Crippen MR) is 108 cm³/mol. The van der Waals surface area contributed by atoms with Crippen LogP contribution >= 0.6 is 0 Å². The predicted octanol–water partition coefficient (Wildman–Crippen LogP) is 1.85. The molecule has 0 saturated carbocycles. The second-order valence-electron chi connectivity index (χ2n) is 7.95. The number of pyridine rings is 1. The van der Waals surface area contributed by atoms with Crippen molar-refractivity contribution in [2.75, 3.05) is 5.73 Å². The number of fused-ring (bicyclic) bond motifs is 2. The summed E-state index contributed by atoms with van der Waals surface area (Å²) in [7, 11) is 0. The zero-order valence-corrected chi connectivity index (χ0v) is 16.8. The van der Waals surface area contributed by atoms with Crippen molar-refractivity contribution in [3.05, 3.63) is 47.7 Å². The number of carbonyl (C=O) groups is 2. The zero-order valence-electron chi connectivity index (χ0n) is 16.8. The van der Waals surface area contributed by atoms with Crippen LogP contribution in [0.1, 0.15) is 54.5 Å². The molecule has 4 rings (SSSR count). The van der Waals surface area contributed by atoms with Crippen molar-refractivity contribution in [3.63, 3.8) is 0 Å². The van der Waals surface area contributed by atoms with Gasteiger partial charge in [0.25, 0.3) is 5.91 Å². The van der Waals surface area contributed by atoms with Crippen LogP contribution in [0.4, 0.5) is 5.82 Å². The van der Waals surface area contributed by atoms with Gasteiger partial charge in [-0.25, -0.2) is 4.98 Å². The first kappa shape index (κ1) is 19.3. The Hall–Kier alpha value is -3.03. The summed E-state index contributed by atoms with van der Waals surface area (Å²) < 4.78 is 0. The summed E-state index contributed by atoms with van der Waals surface area (Å²) in [6, 6.07) is 5.00. The smallest absolute Gasteiger partial charge is 0.273 e. The van der Waals surface area contributed by atoms with Crippen molar-refractivity contribution in [1.82, 2.24) is 25.2 Å². The molecule has 0 radical (unpaired) electrons. The molecule has 0 spiro atoms. The van der Waals surface area contributed by atoms with Crippen LogP contribution in [-0.4, -0.2) is 43.7 Å². The SMILES string of the molecule is CC[C@]1(C(=O)NCc2cnc(C)cn2)C[C@H]2CC[C@@H]1N2C(=O)c1cccc(N)n1. The maximum Gasteiger partial charge on any atom is 0.273 e. The Kier molecular flexibility index (Phi) is 4.94. The van der Waals surface area contributed by atoms with Crippen LogP contribution in [0.3, 0.4) is 0 Å². The van der Waals surface area contributed by atoms with Crippen LogP contribution in [0.15, 0.2) is 30.6 Å². The molecule has 3 atom stereocenters. The van der Waals surface area contributed by atoms with Crippen LogP contribution < -0.4 is 11.1 Å². The van der Waals surface area contributed by atoms with Crippen LogP contribution in [0.25, 0.3) is 0 Å². The van der Waals surface area contributed by atoms with Gasteiger partial charge in [-0.1, -0.05) is 13.0 Å². The molecule has 2 aliphatic rings. The van der Waals surface area contributed by atoms with Gasteiger partial charge in [-0.15, -0.1) is 0 Å². The number of aryl methyl sites for hydroxylation is 1. The summed E-state index contributed by atoms with van der Waals surface area (Å²) in [5.41, 5.74) is 7.06. The van der Waals surface area contributed by atoms with E-state index in [-0.39, 0.29) is 23.9 Å². The first-order valence-electron chi connectivity index (χ1n) is 10.1. The third-order valence-corrected chi connectivity index (χ3v) is 6.31. The molecule has 2 aliphatic heterocycles. The molecule has 0 aliphatic carbocycles. The molecule has 0 aromatic carbocycles. The summed E-state index contributed by atoms with van der Waals surface area (Å²) in [6.07, 6.45) is 6.45. The van der Waals surface area contributed by atoms with Crippen molar-refractivity contribution in [1.29, 1.82) is 0 Å². The lowest BCUT2D eigenvalue weighted by molar-refractivity contribution is -0.133. The Morgan fingerprint density at radius 3 is 2.79 bits per heavy atom. The Bertz CT molecular complexity index is 931. The topological polar surface area (TPSA) is 114 Å². The number of hydrogen-bond donors (Lipinski definition) is 2. The lowest BCUT2D eigenvalue weighted by Gasteiger charge is -2.35. The fraction of sp³-hybridized carbons (Fsp3) is 0.476. The number of nitrogens with one attached hydrogen (secondary N) is 1. The van der Waals surface area contributed by atoms with Crippen molar-refractivity contribution < 1.29 is 9.59 Å². The number of amides is 2. The molecular formula is C21H26N6O2. The molecule has 2 aromatic heterocycles. The second kappa shape index (κ2) is 7.42. The van der Waals surface area contributed by atoms with Gasteiger partial charge in [0.2, 0.25) is 5.91 Å².